The summed E-state index contributed by atoms with van der Waals surface area (Å²) in [6.45, 7) is 4.69. The first kappa shape index (κ1) is 84.4. The highest BCUT2D eigenvalue weighted by Gasteiger charge is 2.28. The SMILES string of the molecule is CC/C=C\C/C=C\C/C=C\C/C=C\C/C=C\C/C=C\C/C=C\C/C=C\C/C=C\C/C=C\CCCCCCCCCCC(=O)NC(COP(=O)(O)OCC[N+](C)(C)C)C(O)/C=C/CC/C=C/CCCCCCCCCCCCCCCCCCCCCCC. The van der Waals surface area contributed by atoms with Crippen molar-refractivity contribution in [2.24, 2.45) is 0 Å². The van der Waals surface area contributed by atoms with Gasteiger partial charge in [0.25, 0.3) is 0 Å². The highest BCUT2D eigenvalue weighted by molar-refractivity contribution is 7.47. The van der Waals surface area contributed by atoms with Gasteiger partial charge >= 0.3 is 7.82 Å². The van der Waals surface area contributed by atoms with Crippen LogP contribution in [0.4, 0.5) is 0 Å². The average molecular weight is 1240 g/mol. The molecular weight excluding hydrogens is 1100 g/mol. The van der Waals surface area contributed by atoms with Crippen LogP contribution in [0.2, 0.25) is 0 Å². The molecule has 8 nitrogen and oxygen atoms in total. The molecular formula is C79H138N2O6P+. The first-order valence-corrected chi connectivity index (χ1v) is 37.7. The predicted octanol–water partition coefficient (Wildman–Crippen LogP) is 23.6. The van der Waals surface area contributed by atoms with Crippen LogP contribution in [0.15, 0.2) is 146 Å². The highest BCUT2D eigenvalue weighted by atomic mass is 31.2. The van der Waals surface area contributed by atoms with Crippen LogP contribution in [0.1, 0.15) is 296 Å². The van der Waals surface area contributed by atoms with Gasteiger partial charge in [-0.2, -0.15) is 0 Å². The third-order valence-electron chi connectivity index (χ3n) is 15.5. The summed E-state index contributed by atoms with van der Waals surface area (Å²) in [7, 11) is 1.54. The quantitative estimate of drug-likeness (QED) is 0.0243. The van der Waals surface area contributed by atoms with Crippen LogP contribution in [0.3, 0.4) is 0 Å². The van der Waals surface area contributed by atoms with Gasteiger partial charge in [-0.15, -0.1) is 0 Å². The Morgan fingerprint density at radius 3 is 1.05 bits per heavy atom. The molecule has 0 rings (SSSR count). The van der Waals surface area contributed by atoms with E-state index in [-0.39, 0.29) is 19.1 Å². The fraction of sp³-hybridized carbons (Fsp3) is 0.684. The largest absolute Gasteiger partial charge is 0.472 e. The molecule has 0 heterocycles. The number of amides is 1. The van der Waals surface area contributed by atoms with Crippen molar-refractivity contribution in [3.8, 4) is 0 Å². The summed E-state index contributed by atoms with van der Waals surface area (Å²) >= 11 is 0. The minimum Gasteiger partial charge on any atom is -0.387 e. The summed E-state index contributed by atoms with van der Waals surface area (Å²) in [6.07, 6.45) is 104. The molecule has 0 aromatic heterocycles. The second-order valence-corrected chi connectivity index (χ2v) is 26.7. The number of rotatable bonds is 65. The van der Waals surface area contributed by atoms with E-state index in [1.54, 1.807) is 6.08 Å². The molecule has 0 bridgehead atoms. The zero-order valence-electron chi connectivity index (χ0n) is 57.7. The van der Waals surface area contributed by atoms with Gasteiger partial charge in [-0.05, 0) is 109 Å². The summed E-state index contributed by atoms with van der Waals surface area (Å²) in [4.78, 5) is 23.4. The number of phosphoric ester groups is 1. The van der Waals surface area contributed by atoms with Gasteiger partial charge in [0.05, 0.1) is 39.9 Å². The number of nitrogens with one attached hydrogen (secondary N) is 1. The first-order chi connectivity index (χ1) is 43.0. The summed E-state index contributed by atoms with van der Waals surface area (Å²) in [5.41, 5.74) is 0. The number of allylic oxidation sites excluding steroid dienone is 23. The van der Waals surface area contributed by atoms with Crippen LogP contribution in [-0.2, 0) is 18.4 Å². The van der Waals surface area contributed by atoms with Crippen molar-refractivity contribution in [2.45, 2.75) is 309 Å². The molecule has 0 fully saturated rings. The number of carbonyl (C=O) groups is 1. The smallest absolute Gasteiger partial charge is 0.387 e. The molecule has 0 aromatic rings. The summed E-state index contributed by atoms with van der Waals surface area (Å²) < 4.78 is 23.8. The van der Waals surface area contributed by atoms with Crippen LogP contribution in [0.25, 0.3) is 0 Å². The minimum absolute atomic E-state index is 0.0477. The molecule has 1 amide bonds. The minimum atomic E-state index is -4.38. The Balaban J connectivity index is 4.17. The third kappa shape index (κ3) is 69.8. The van der Waals surface area contributed by atoms with Crippen LogP contribution in [0, 0.1) is 0 Å². The van der Waals surface area contributed by atoms with Gasteiger partial charge in [-0.25, -0.2) is 4.57 Å². The molecule has 0 aliphatic rings. The van der Waals surface area contributed by atoms with Crippen molar-refractivity contribution in [1.82, 2.24) is 5.32 Å². The molecule has 9 heteroatoms. The standard InChI is InChI=1S/C79H137N2O6P/c1-6-8-10-12-14-16-18-20-22-24-26-28-30-32-34-35-36-37-38-39-40-41-42-43-44-45-47-49-51-53-55-57-59-61-63-65-67-69-71-73-79(83)80-77(76-87-88(84,85)86-75-74-81(3,4)5)78(82)72-70-68-66-64-62-60-58-56-54-52-50-48-46-33-31-29-27-25-23-21-19-17-15-13-11-9-7-2/h8,10,14,16,20,22,26,28,32,34,36-37,39-40,42-43,45,47,51,53,62,64,70,72,77-78,82H,6-7,9,11-13,15,17-19,21,23-25,27,29-31,33,35,38,41,44,46,48-50,52,54-61,63,65-69,71,73-76H2,1-5H3,(H-,80,83,84,85)/p+1/b10-8-,16-14-,22-20-,28-26-,34-32-,37-36-,40-39-,43-42-,47-45-,53-51-,64-62+,72-70+. The van der Waals surface area contributed by atoms with Crippen molar-refractivity contribution < 1.29 is 32.9 Å². The number of unbranched alkanes of at least 4 members (excludes halogenated alkanes) is 30. The maximum absolute atomic E-state index is 13.1. The zero-order valence-corrected chi connectivity index (χ0v) is 58.6. The van der Waals surface area contributed by atoms with E-state index < -0.39 is 20.0 Å². The van der Waals surface area contributed by atoms with E-state index in [9.17, 15) is 19.4 Å². The second-order valence-electron chi connectivity index (χ2n) is 25.2. The van der Waals surface area contributed by atoms with E-state index >= 15 is 0 Å². The highest BCUT2D eigenvalue weighted by Crippen LogP contribution is 2.43. The lowest BCUT2D eigenvalue weighted by molar-refractivity contribution is -0.870. The van der Waals surface area contributed by atoms with Crippen molar-refractivity contribution in [2.75, 3.05) is 40.9 Å². The number of hydrogen-bond donors (Lipinski definition) is 3. The molecule has 504 valence electrons. The molecule has 0 aliphatic carbocycles. The number of hydrogen-bond acceptors (Lipinski definition) is 5. The Hall–Kier alpha value is -3.62. The molecule has 0 radical (unpaired) electrons. The predicted molar refractivity (Wildman–Crippen MR) is 387 cm³/mol. The lowest BCUT2D eigenvalue weighted by Crippen LogP contribution is -2.45. The van der Waals surface area contributed by atoms with E-state index in [1.165, 1.54) is 161 Å². The van der Waals surface area contributed by atoms with Crippen molar-refractivity contribution >= 4 is 13.7 Å². The number of aliphatic hydroxyl groups excluding tert-OH is 1. The topological polar surface area (TPSA) is 105 Å². The fourth-order valence-electron chi connectivity index (χ4n) is 9.97. The molecule has 3 N–H and O–H groups in total. The van der Waals surface area contributed by atoms with Gasteiger partial charge in [0.2, 0.25) is 5.91 Å². The van der Waals surface area contributed by atoms with E-state index in [0.717, 1.165) is 116 Å². The first-order valence-electron chi connectivity index (χ1n) is 36.2. The third-order valence-corrected chi connectivity index (χ3v) is 16.5. The molecule has 0 aliphatic heterocycles. The number of quaternary nitrogens is 1. The van der Waals surface area contributed by atoms with E-state index in [1.807, 2.05) is 27.2 Å². The molecule has 0 saturated carbocycles. The van der Waals surface area contributed by atoms with Crippen molar-refractivity contribution in [3.63, 3.8) is 0 Å². The number of likely N-dealkylation sites (N-methyl/N-ethyl adjacent to an activating group) is 1. The Bertz CT molecular complexity index is 1950. The van der Waals surface area contributed by atoms with Gasteiger partial charge < -0.3 is 19.8 Å². The molecule has 0 spiro atoms. The van der Waals surface area contributed by atoms with Crippen LogP contribution >= 0.6 is 7.82 Å². The number of phosphoric acid groups is 1. The van der Waals surface area contributed by atoms with Crippen molar-refractivity contribution in [3.05, 3.63) is 146 Å². The van der Waals surface area contributed by atoms with Gasteiger partial charge in [0.1, 0.15) is 13.2 Å². The zero-order chi connectivity index (χ0) is 64.1. The summed E-state index contributed by atoms with van der Waals surface area (Å²) in [5, 5.41) is 14.0. The molecule has 0 aromatic carbocycles. The average Bonchev–Trinajstić information content (AvgIpc) is 3.70. The Labute approximate surface area is 544 Å². The van der Waals surface area contributed by atoms with Crippen LogP contribution in [-0.4, -0.2) is 73.4 Å². The lowest BCUT2D eigenvalue weighted by Gasteiger charge is -2.25. The van der Waals surface area contributed by atoms with Crippen molar-refractivity contribution in [1.29, 1.82) is 0 Å². The summed E-state index contributed by atoms with van der Waals surface area (Å²) in [6, 6.07) is -0.880. The Kier molecular flexibility index (Phi) is 65.0. The lowest BCUT2D eigenvalue weighted by atomic mass is 10.0. The Morgan fingerprint density at radius 2 is 0.693 bits per heavy atom. The van der Waals surface area contributed by atoms with E-state index in [4.69, 9.17) is 9.05 Å². The molecule has 88 heavy (non-hydrogen) atoms. The number of nitrogens with zero attached hydrogens (tertiary/aromatic N) is 1. The van der Waals surface area contributed by atoms with E-state index in [0.29, 0.717) is 17.4 Å². The fourth-order valence-corrected chi connectivity index (χ4v) is 10.7. The van der Waals surface area contributed by atoms with E-state index in [2.05, 4.69) is 153 Å². The molecule has 0 saturated heterocycles. The maximum atomic E-state index is 13.1. The normalized spacial score (nSPS) is 14.5. The molecule has 3 unspecified atom stereocenters. The van der Waals surface area contributed by atoms with Crippen LogP contribution in [0.5, 0.6) is 0 Å². The maximum Gasteiger partial charge on any atom is 0.472 e. The number of carbonyl (C=O) groups excluding carboxylic acids is 1. The van der Waals surface area contributed by atoms with Gasteiger partial charge in [-0.3, -0.25) is 13.8 Å². The van der Waals surface area contributed by atoms with Gasteiger partial charge in [0, 0.05) is 6.42 Å². The second kappa shape index (κ2) is 67.8. The molecule has 3 atom stereocenters. The Morgan fingerprint density at radius 1 is 0.398 bits per heavy atom. The van der Waals surface area contributed by atoms with Gasteiger partial charge in [-0.1, -0.05) is 327 Å². The monoisotopic (exact) mass is 1240 g/mol. The summed E-state index contributed by atoms with van der Waals surface area (Å²) in [5.74, 6) is -0.198. The van der Waals surface area contributed by atoms with Crippen LogP contribution < -0.4 is 5.32 Å². The number of aliphatic hydroxyl groups is 1. The van der Waals surface area contributed by atoms with Gasteiger partial charge in [0.15, 0.2) is 0 Å².